The van der Waals surface area contributed by atoms with Crippen LogP contribution in [0.2, 0.25) is 0 Å². The zero-order chi connectivity index (χ0) is 17.7. The van der Waals surface area contributed by atoms with Gasteiger partial charge in [0.05, 0.1) is 11.5 Å². The minimum Gasteiger partial charge on any atom is -0.446 e. The normalized spacial score (nSPS) is 12.8. The Morgan fingerprint density at radius 1 is 1.33 bits per heavy atom. The van der Waals surface area contributed by atoms with Crippen LogP contribution in [0.5, 0.6) is 0 Å². The second-order valence-electron chi connectivity index (χ2n) is 5.05. The van der Waals surface area contributed by atoms with Crippen LogP contribution in [0.15, 0.2) is 39.8 Å². The highest BCUT2D eigenvalue weighted by atomic mass is 32.2. The van der Waals surface area contributed by atoms with Crippen LogP contribution in [0.1, 0.15) is 28.0 Å². The molecule has 0 spiro atoms. The molecule has 0 fully saturated rings. The van der Waals surface area contributed by atoms with Gasteiger partial charge in [-0.3, -0.25) is 4.79 Å². The van der Waals surface area contributed by atoms with Crippen LogP contribution in [0.3, 0.4) is 0 Å². The summed E-state index contributed by atoms with van der Waals surface area (Å²) in [6, 6.07) is 5.30. The predicted molar refractivity (Wildman–Crippen MR) is 84.4 cm³/mol. The third-order valence-corrected chi connectivity index (χ3v) is 4.15. The van der Waals surface area contributed by atoms with Crippen molar-refractivity contribution in [1.82, 2.24) is 10.3 Å². The van der Waals surface area contributed by atoms with Crippen molar-refractivity contribution in [1.29, 1.82) is 0 Å². The molecule has 1 aromatic carbocycles. The van der Waals surface area contributed by atoms with Crippen molar-refractivity contribution in [2.45, 2.75) is 17.4 Å². The van der Waals surface area contributed by atoms with Gasteiger partial charge in [0.15, 0.2) is 5.69 Å². The Labute approximate surface area is 138 Å². The van der Waals surface area contributed by atoms with E-state index in [1.54, 1.807) is 12.1 Å². The predicted octanol–water partition coefficient (Wildman–Crippen LogP) is -0.713. The third-order valence-electron chi connectivity index (χ3n) is 3.22. The third kappa shape index (κ3) is 4.61. The van der Waals surface area contributed by atoms with E-state index in [1.165, 1.54) is 18.4 Å². The van der Waals surface area contributed by atoms with Gasteiger partial charge in [-0.15, -0.1) is 0 Å². The molecule has 1 unspecified atom stereocenters. The largest absolute Gasteiger partial charge is 0.446 e. The van der Waals surface area contributed by atoms with Crippen LogP contribution in [-0.4, -0.2) is 37.6 Å². The van der Waals surface area contributed by atoms with Crippen LogP contribution in [0.25, 0.3) is 0 Å². The summed E-state index contributed by atoms with van der Waals surface area (Å²) in [6.45, 7) is -0.0160. The van der Waals surface area contributed by atoms with Gasteiger partial charge in [0.25, 0.3) is 5.91 Å². The second kappa shape index (κ2) is 7.53. The van der Waals surface area contributed by atoms with E-state index >= 15 is 0 Å². The highest BCUT2D eigenvalue weighted by Gasteiger charge is 2.16. The molecule has 9 nitrogen and oxygen atoms in total. The lowest BCUT2D eigenvalue weighted by Crippen LogP contribution is -2.26. The molecule has 6 N–H and O–H groups in total. The molecule has 1 atom stereocenters. The topological polar surface area (TPSA) is 162 Å². The first-order valence-electron chi connectivity index (χ1n) is 7.03. The van der Waals surface area contributed by atoms with Crippen molar-refractivity contribution in [2.75, 3.05) is 13.2 Å². The van der Waals surface area contributed by atoms with Crippen LogP contribution in [0.4, 0.5) is 0 Å². The first-order valence-corrected chi connectivity index (χ1v) is 8.57. The number of benzene rings is 1. The van der Waals surface area contributed by atoms with Gasteiger partial charge in [0, 0.05) is 6.54 Å². The van der Waals surface area contributed by atoms with E-state index in [4.69, 9.17) is 20.4 Å². The van der Waals surface area contributed by atoms with Crippen molar-refractivity contribution in [3.63, 3.8) is 0 Å². The number of aromatic nitrogens is 1. The maximum Gasteiger partial charge on any atom is 0.273 e. The molecule has 0 aliphatic rings. The standard InChI is InChI=1S/C14H18N4O5S/c15-11(7-19)14-18-12(8-23-14)13(20)17-6-5-9-1-3-10(4-2-9)24(16,21)22/h1-4,8,11,19H,5-7,15H2,(H,17,20)(H2,16,21,22). The summed E-state index contributed by atoms with van der Waals surface area (Å²) >= 11 is 0. The van der Waals surface area contributed by atoms with E-state index in [9.17, 15) is 13.2 Å². The van der Waals surface area contributed by atoms with Crippen LogP contribution in [-0.2, 0) is 16.4 Å². The number of carbonyl (C=O) groups excluding carboxylic acids is 1. The molecular formula is C14H18N4O5S. The number of hydrogen-bond donors (Lipinski definition) is 4. The summed E-state index contributed by atoms with van der Waals surface area (Å²) in [6.07, 6.45) is 1.67. The Morgan fingerprint density at radius 3 is 2.58 bits per heavy atom. The molecule has 0 aliphatic heterocycles. The van der Waals surface area contributed by atoms with Crippen molar-refractivity contribution in [3.8, 4) is 0 Å². The monoisotopic (exact) mass is 354 g/mol. The number of hydrogen-bond acceptors (Lipinski definition) is 7. The number of oxazole rings is 1. The number of aliphatic hydroxyl groups is 1. The number of nitrogens with one attached hydrogen (secondary N) is 1. The molecule has 0 radical (unpaired) electrons. The minimum atomic E-state index is -3.71. The number of aliphatic hydroxyl groups excluding tert-OH is 1. The molecule has 0 bridgehead atoms. The van der Waals surface area contributed by atoms with Crippen molar-refractivity contribution in [3.05, 3.63) is 47.7 Å². The van der Waals surface area contributed by atoms with E-state index in [2.05, 4.69) is 10.3 Å². The highest BCUT2D eigenvalue weighted by Crippen LogP contribution is 2.10. The smallest absolute Gasteiger partial charge is 0.273 e. The van der Waals surface area contributed by atoms with Gasteiger partial charge in [0.2, 0.25) is 15.9 Å². The minimum absolute atomic E-state index is 0.0330. The second-order valence-corrected chi connectivity index (χ2v) is 6.62. The fourth-order valence-corrected chi connectivity index (χ4v) is 2.41. The summed E-state index contributed by atoms with van der Waals surface area (Å²) < 4.78 is 27.3. The highest BCUT2D eigenvalue weighted by molar-refractivity contribution is 7.89. The molecule has 130 valence electrons. The molecule has 10 heteroatoms. The Balaban J connectivity index is 1.87. The molecule has 0 saturated carbocycles. The maximum absolute atomic E-state index is 11.9. The maximum atomic E-state index is 11.9. The number of carbonyl (C=O) groups is 1. The van der Waals surface area contributed by atoms with Gasteiger partial charge in [-0.05, 0) is 24.1 Å². The number of amides is 1. The van der Waals surface area contributed by atoms with Crippen molar-refractivity contribution in [2.24, 2.45) is 10.9 Å². The number of primary sulfonamides is 1. The van der Waals surface area contributed by atoms with Gasteiger partial charge in [-0.1, -0.05) is 12.1 Å². The quantitative estimate of drug-likeness (QED) is 0.510. The van der Waals surface area contributed by atoms with Gasteiger partial charge in [0.1, 0.15) is 12.3 Å². The Kier molecular flexibility index (Phi) is 5.67. The summed E-state index contributed by atoms with van der Waals surface area (Å²) in [5, 5.41) is 16.6. The fraction of sp³-hybridized carbons (Fsp3) is 0.286. The van der Waals surface area contributed by atoms with Crippen LogP contribution >= 0.6 is 0 Å². The number of rotatable bonds is 7. The van der Waals surface area contributed by atoms with Crippen molar-refractivity contribution >= 4 is 15.9 Å². The summed E-state index contributed by atoms with van der Waals surface area (Å²) in [5.41, 5.74) is 6.44. The van der Waals surface area contributed by atoms with Gasteiger partial charge in [-0.25, -0.2) is 18.5 Å². The van der Waals surface area contributed by atoms with E-state index in [1.807, 2.05) is 0 Å². The Morgan fingerprint density at radius 2 is 2.00 bits per heavy atom. The fourth-order valence-electron chi connectivity index (χ4n) is 1.90. The average Bonchev–Trinajstić information content (AvgIpc) is 3.04. The zero-order valence-corrected chi connectivity index (χ0v) is 13.5. The van der Waals surface area contributed by atoms with E-state index in [-0.39, 0.29) is 23.1 Å². The summed E-state index contributed by atoms with van der Waals surface area (Å²) in [7, 11) is -3.71. The van der Waals surface area contributed by atoms with Crippen LogP contribution < -0.4 is 16.2 Å². The van der Waals surface area contributed by atoms with Crippen molar-refractivity contribution < 1.29 is 22.7 Å². The lowest BCUT2D eigenvalue weighted by molar-refractivity contribution is 0.0949. The van der Waals surface area contributed by atoms with Gasteiger partial charge >= 0.3 is 0 Å². The first-order chi connectivity index (χ1) is 11.3. The zero-order valence-electron chi connectivity index (χ0n) is 12.7. The van der Waals surface area contributed by atoms with Crippen LogP contribution in [0, 0.1) is 0 Å². The van der Waals surface area contributed by atoms with E-state index < -0.39 is 22.0 Å². The summed E-state index contributed by atoms with van der Waals surface area (Å²) in [5.74, 6) is -0.350. The SMILES string of the molecule is NC(CO)c1nc(C(=O)NCCc2ccc(S(N)(=O)=O)cc2)co1. The molecule has 2 aromatic rings. The molecule has 0 aliphatic carbocycles. The Bertz CT molecular complexity index is 801. The molecule has 2 rings (SSSR count). The molecule has 1 aromatic heterocycles. The summed E-state index contributed by atoms with van der Waals surface area (Å²) in [4.78, 5) is 15.8. The molecule has 24 heavy (non-hydrogen) atoms. The first kappa shape index (κ1) is 18.1. The lowest BCUT2D eigenvalue weighted by Gasteiger charge is -2.04. The average molecular weight is 354 g/mol. The van der Waals surface area contributed by atoms with Gasteiger partial charge in [-0.2, -0.15) is 0 Å². The van der Waals surface area contributed by atoms with Gasteiger partial charge < -0.3 is 20.6 Å². The van der Waals surface area contributed by atoms with E-state index in [0.29, 0.717) is 13.0 Å². The number of nitrogens with two attached hydrogens (primary N) is 2. The molecule has 0 saturated heterocycles. The van der Waals surface area contributed by atoms with E-state index in [0.717, 1.165) is 5.56 Å². The number of nitrogens with zero attached hydrogens (tertiary/aromatic N) is 1. The Hall–Kier alpha value is -2.27. The molecule has 1 amide bonds. The number of sulfonamides is 1. The molecule has 1 heterocycles. The molecular weight excluding hydrogens is 336 g/mol. The lowest BCUT2D eigenvalue weighted by atomic mass is 10.1.